The number of carbonyl (C=O) groups excluding carboxylic acids is 18. The summed E-state index contributed by atoms with van der Waals surface area (Å²) in [7, 11) is 3.08. The SMILES string of the molecule is CC[C@H](C)[C@@H]1NC(=O)[C@H](Cc2cnc[nH]2)NC(=O)[C@H](CCC(N)=O)NC(=O)[C@H](CC(N)=O)NC(=O)[C@H](CC(N)=O)NC(=O)CNC(=O)[C@H](C)NC(=O)[C@@H]2CSSC[C@H](NC(=O)CN)C(=O)N[C@@H](CSSC[C@@H](C(=O)O)NC1=O)C(=O)N[C@@H](CO)C(=O)N[C@@H](Cc1cnc[nH]1)C(=O)N1CCC[C@H]1C(=O)N[C@@H](C)C(=O)N2. The van der Waals surface area contributed by atoms with Gasteiger partial charge in [0, 0.05) is 72.6 Å². The average Bonchev–Trinajstić information content (AvgIpc) is 1.73. The van der Waals surface area contributed by atoms with E-state index in [4.69, 9.17) is 22.9 Å². The molecule has 3 saturated heterocycles. The normalized spacial score (nSPS) is 27.3. The van der Waals surface area contributed by atoms with Gasteiger partial charge in [-0.05, 0) is 39.0 Å². The van der Waals surface area contributed by atoms with Gasteiger partial charge < -0.3 is 122 Å². The molecule has 15 atom stereocenters. The van der Waals surface area contributed by atoms with E-state index in [0.717, 1.165) is 55.0 Å². The summed E-state index contributed by atoms with van der Waals surface area (Å²) in [5.74, 6) is -24.3. The van der Waals surface area contributed by atoms with Crippen LogP contribution in [0.15, 0.2) is 25.0 Å². The van der Waals surface area contributed by atoms with Crippen LogP contribution in [0.2, 0.25) is 0 Å². The van der Waals surface area contributed by atoms with Crippen LogP contribution in [0.1, 0.15) is 84.0 Å². The summed E-state index contributed by atoms with van der Waals surface area (Å²) < 4.78 is 0. The predicted octanol–water partition coefficient (Wildman–Crippen LogP) is -10.7. The van der Waals surface area contributed by atoms with Gasteiger partial charge in [-0.25, -0.2) is 14.8 Å². The Morgan fingerprint density at radius 3 is 1.61 bits per heavy atom. The van der Waals surface area contributed by atoms with E-state index in [0.29, 0.717) is 5.69 Å². The van der Waals surface area contributed by atoms with Gasteiger partial charge in [0.25, 0.3) is 0 Å². The number of nitrogens with one attached hydrogen (secondary N) is 16. The number of hydrogen-bond donors (Lipinski definition) is 22. The van der Waals surface area contributed by atoms with Crippen molar-refractivity contribution in [1.29, 1.82) is 0 Å². The van der Waals surface area contributed by atoms with Crippen molar-refractivity contribution in [3.05, 3.63) is 36.4 Å². The van der Waals surface area contributed by atoms with Crippen LogP contribution in [0.25, 0.3) is 0 Å². The van der Waals surface area contributed by atoms with Gasteiger partial charge in [-0.15, -0.1) is 0 Å². The predicted molar refractivity (Wildman–Crippen MR) is 388 cm³/mol. The molecule has 3 aliphatic heterocycles. The number of nitrogens with two attached hydrogens (primary N) is 4. The minimum absolute atomic E-state index is 0.0466. The van der Waals surface area contributed by atoms with Crippen LogP contribution in [0, 0.1) is 5.92 Å². The molecular weight excluding hydrogens is 1520 g/mol. The molecular formula is C61H91N23O21S4. The first-order chi connectivity index (χ1) is 51.6. The topological polar surface area (TPSA) is 698 Å². The molecule has 2 bridgehead atoms. The van der Waals surface area contributed by atoms with Gasteiger partial charge in [0.1, 0.15) is 84.6 Å². The Labute approximate surface area is 637 Å². The quantitative estimate of drug-likeness (QED) is 0.0654. The number of aromatic nitrogens is 4. The Morgan fingerprint density at radius 2 is 1.06 bits per heavy atom. The molecule has 3 aliphatic rings. The van der Waals surface area contributed by atoms with E-state index in [1.165, 1.54) is 38.9 Å². The first-order valence-electron chi connectivity index (χ1n) is 34.0. The van der Waals surface area contributed by atoms with Crippen LogP contribution < -0.4 is 97.4 Å². The second-order valence-corrected chi connectivity index (χ2v) is 30.3. The van der Waals surface area contributed by atoms with Crippen LogP contribution in [0.5, 0.6) is 0 Å². The van der Waals surface area contributed by atoms with Crippen molar-refractivity contribution in [2.24, 2.45) is 28.9 Å². The van der Waals surface area contributed by atoms with E-state index in [9.17, 15) is 101 Å². The smallest absolute Gasteiger partial charge is 0.327 e. The van der Waals surface area contributed by atoms with E-state index < -0.39 is 278 Å². The van der Waals surface area contributed by atoms with Crippen LogP contribution in [0.4, 0.5) is 0 Å². The fraction of sp³-hybridized carbons (Fsp3) is 0.590. The zero-order valence-corrected chi connectivity index (χ0v) is 62.7. The van der Waals surface area contributed by atoms with E-state index >= 15 is 0 Å². The number of aliphatic hydroxyl groups is 1. The number of carboxylic acid groups (broad SMARTS) is 1. The molecule has 44 nitrogen and oxygen atoms in total. The molecule has 18 amide bonds. The fourth-order valence-electron chi connectivity index (χ4n) is 10.6. The third kappa shape index (κ3) is 29.0. The molecule has 5 heterocycles. The Hall–Kier alpha value is -10.3. The lowest BCUT2D eigenvalue weighted by Gasteiger charge is -2.30. The number of H-pyrrole nitrogens is 2. The van der Waals surface area contributed by atoms with Gasteiger partial charge in [-0.2, -0.15) is 0 Å². The van der Waals surface area contributed by atoms with Crippen molar-refractivity contribution < 1.29 is 101 Å². The number of hydrogen-bond acceptors (Lipinski definition) is 27. The highest BCUT2D eigenvalue weighted by atomic mass is 33.1. The Morgan fingerprint density at radius 1 is 0.560 bits per heavy atom. The Bertz CT molecular complexity index is 3640. The lowest BCUT2D eigenvalue weighted by molar-refractivity contribution is -0.142. The maximum atomic E-state index is 14.6. The molecule has 0 radical (unpaired) electrons. The highest BCUT2D eigenvalue weighted by molar-refractivity contribution is 8.77. The van der Waals surface area contributed by atoms with Crippen molar-refractivity contribution in [2.45, 2.75) is 170 Å². The van der Waals surface area contributed by atoms with E-state index in [1.54, 1.807) is 6.92 Å². The largest absolute Gasteiger partial charge is 0.480 e. The first kappa shape index (κ1) is 89.3. The minimum Gasteiger partial charge on any atom is -0.480 e. The molecule has 0 aliphatic carbocycles. The number of fused-ring (bicyclic) bond motifs is 9. The van der Waals surface area contributed by atoms with Gasteiger partial charge in [-0.1, -0.05) is 63.4 Å². The minimum atomic E-state index is -2.04. The summed E-state index contributed by atoms with van der Waals surface area (Å²) in [6.07, 6.45) is 1.56. The summed E-state index contributed by atoms with van der Waals surface area (Å²) in [4.78, 5) is 277. The lowest BCUT2D eigenvalue weighted by atomic mass is 9.97. The summed E-state index contributed by atoms with van der Waals surface area (Å²) >= 11 is 0. The Kier molecular flexibility index (Phi) is 36.2. The molecule has 0 saturated carbocycles. The molecule has 109 heavy (non-hydrogen) atoms. The van der Waals surface area contributed by atoms with Gasteiger partial charge in [0.15, 0.2) is 0 Å². The van der Waals surface area contributed by atoms with Crippen molar-refractivity contribution in [3.8, 4) is 0 Å². The fourth-order valence-corrected chi connectivity index (χ4v) is 15.3. The van der Waals surface area contributed by atoms with Crippen molar-refractivity contribution in [1.82, 2.24) is 99.3 Å². The van der Waals surface area contributed by atoms with Gasteiger partial charge >= 0.3 is 5.97 Å². The lowest BCUT2D eigenvalue weighted by Crippen LogP contribution is -2.61. The van der Waals surface area contributed by atoms with Gasteiger partial charge in [0.2, 0.25) is 106 Å². The maximum absolute atomic E-state index is 14.6. The first-order valence-corrected chi connectivity index (χ1v) is 38.9. The number of amides is 18. The molecule has 5 rings (SSSR count). The summed E-state index contributed by atoms with van der Waals surface area (Å²) in [5, 5.41) is 54.5. The summed E-state index contributed by atoms with van der Waals surface area (Å²) in [5.41, 5.74) is 22.5. The maximum Gasteiger partial charge on any atom is 0.327 e. The number of primary amides is 3. The van der Waals surface area contributed by atoms with E-state index in [1.807, 2.05) is 0 Å². The molecule has 2 aromatic rings. The van der Waals surface area contributed by atoms with Crippen LogP contribution >= 0.6 is 43.2 Å². The third-order valence-corrected chi connectivity index (χ3v) is 21.7. The van der Waals surface area contributed by atoms with Crippen LogP contribution in [-0.2, 0) is 104 Å². The number of imidazole rings is 2. The highest BCUT2D eigenvalue weighted by Crippen LogP contribution is 2.26. The van der Waals surface area contributed by atoms with Gasteiger partial charge in [-0.3, -0.25) is 86.3 Å². The third-order valence-electron chi connectivity index (χ3n) is 16.8. The average molecular weight is 1610 g/mol. The number of aliphatic carboxylic acids is 1. The number of carbonyl (C=O) groups is 19. The molecule has 26 N–H and O–H groups in total. The zero-order chi connectivity index (χ0) is 80.8. The highest BCUT2D eigenvalue weighted by Gasteiger charge is 2.42. The number of aromatic amines is 2. The van der Waals surface area contributed by atoms with E-state index in [2.05, 4.69) is 94.4 Å². The second kappa shape index (κ2) is 44.2. The standard InChI is InChI=1S/C61H91N23O21S4/c1-5-26(2)47-59(102)82-40(61(104)105)23-109-108-22-39-57(100)79-36(19-85)54(97)78-35(12-30-17-67-25-70-30)60(103)84-10-6-7-41(84)58(101)72-28(4)49(92)80-38(21-107-106-20-37(56(99)81-39)74-45(89)15-62)55(98)71-27(3)48(91)68-18-46(90)73-33(13-43(64)87)51(94)77-34(14-44(65)88)52(95)75-31(8-9-42(63)86)50(93)76-32(53(96)83-47)11-29-16-66-24-69-29/h16-17,24-28,31-41,47,85H,5-15,18-23,62H2,1-4H3,(H2,63,86)(H2,64,87)(H2,65,88)(H,66,69)(H,67,70)(H,68,91)(H,71,98)(H,72,101)(H,73,90)(H,74,89)(H,75,95)(H,76,93)(H,77,94)(H,78,97)(H,79,100)(H,80,92)(H,81,99)(H,82,102)(H,83,96)(H,104,105)/t26-,27-,28-,31-,32-,33-,34-,35-,36-,37-,38-,39-,40-,41-,47-/m0/s1. The number of carboxylic acids is 1. The molecule has 0 spiro atoms. The molecule has 3 fully saturated rings. The van der Waals surface area contributed by atoms with E-state index in [-0.39, 0.29) is 37.9 Å². The van der Waals surface area contributed by atoms with Crippen LogP contribution in [-0.4, -0.2) is 281 Å². The summed E-state index contributed by atoms with van der Waals surface area (Å²) in [6.45, 7) is 2.67. The Balaban J connectivity index is 1.62. The van der Waals surface area contributed by atoms with Crippen LogP contribution in [0.3, 0.4) is 0 Å². The molecule has 0 aromatic carbocycles. The monoisotopic (exact) mass is 1610 g/mol. The van der Waals surface area contributed by atoms with Crippen molar-refractivity contribution in [2.75, 3.05) is 49.3 Å². The molecule has 48 heteroatoms. The molecule has 0 unspecified atom stereocenters. The second-order valence-electron chi connectivity index (χ2n) is 25.2. The van der Waals surface area contributed by atoms with Crippen molar-refractivity contribution in [3.63, 3.8) is 0 Å². The molecule has 2 aromatic heterocycles. The molecule has 600 valence electrons. The zero-order valence-electron chi connectivity index (χ0n) is 59.4. The number of aliphatic hydroxyl groups excluding tert-OH is 1. The number of rotatable bonds is 17. The van der Waals surface area contributed by atoms with Gasteiger partial charge in [0.05, 0.1) is 45.2 Å². The number of nitrogens with zero attached hydrogens (tertiary/aromatic N) is 3. The van der Waals surface area contributed by atoms with Crippen molar-refractivity contribution >= 4 is 155 Å². The summed E-state index contributed by atoms with van der Waals surface area (Å²) in [6, 6.07) is -23.8.